The van der Waals surface area contributed by atoms with Crippen molar-refractivity contribution >= 4 is 17.8 Å². The first-order valence-corrected chi connectivity index (χ1v) is 15.1. The van der Waals surface area contributed by atoms with Gasteiger partial charge in [-0.2, -0.15) is 5.10 Å². The first-order valence-electron chi connectivity index (χ1n) is 15.1. The normalized spacial score (nSPS) is 28.6. The Morgan fingerprint density at radius 1 is 1.10 bits per heavy atom. The number of anilines is 1. The van der Waals surface area contributed by atoms with Crippen molar-refractivity contribution in [2.24, 2.45) is 11.8 Å². The number of hydrogen-bond donors (Lipinski definition) is 0. The van der Waals surface area contributed by atoms with Gasteiger partial charge in [0.2, 0.25) is 5.91 Å². The molecule has 4 fully saturated rings. The quantitative estimate of drug-likeness (QED) is 0.565. The van der Waals surface area contributed by atoms with Crippen LogP contribution in [0, 0.1) is 18.8 Å². The fourth-order valence-electron chi connectivity index (χ4n) is 7.61. The molecule has 1 aromatic heterocycles. The molecule has 0 aromatic carbocycles. The predicted molar refractivity (Wildman–Crippen MR) is 153 cm³/mol. The van der Waals surface area contributed by atoms with Crippen LogP contribution in [0.5, 0.6) is 0 Å². The van der Waals surface area contributed by atoms with Gasteiger partial charge >= 0.3 is 6.09 Å². The van der Waals surface area contributed by atoms with Gasteiger partial charge in [0, 0.05) is 63.0 Å². The fraction of sp³-hybridized carbons (Fsp3) is 0.833. The Morgan fingerprint density at radius 3 is 2.49 bits per heavy atom. The molecule has 0 spiro atoms. The zero-order valence-corrected chi connectivity index (χ0v) is 25.3. The van der Waals surface area contributed by atoms with Crippen LogP contribution in [0.15, 0.2) is 6.07 Å². The van der Waals surface area contributed by atoms with Crippen molar-refractivity contribution < 1.29 is 14.3 Å². The Morgan fingerprint density at radius 2 is 1.82 bits per heavy atom. The molecule has 2 unspecified atom stereocenters. The van der Waals surface area contributed by atoms with Crippen molar-refractivity contribution in [3.63, 3.8) is 0 Å². The molecule has 2 amide bonds. The van der Waals surface area contributed by atoms with Crippen LogP contribution in [0.3, 0.4) is 0 Å². The summed E-state index contributed by atoms with van der Waals surface area (Å²) < 4.78 is 7.77. The Hall–Kier alpha value is -2.29. The van der Waals surface area contributed by atoms with E-state index in [0.717, 1.165) is 57.7 Å². The van der Waals surface area contributed by atoms with Gasteiger partial charge in [-0.25, -0.2) is 4.79 Å². The Bertz CT molecular complexity index is 1050. The van der Waals surface area contributed by atoms with Crippen LogP contribution in [0.2, 0.25) is 0 Å². The Labute approximate surface area is 234 Å². The molecule has 0 N–H and O–H groups in total. The van der Waals surface area contributed by atoms with Crippen LogP contribution in [-0.4, -0.2) is 100.0 Å². The maximum Gasteiger partial charge on any atom is 0.410 e. The highest BCUT2D eigenvalue weighted by Gasteiger charge is 2.46. The van der Waals surface area contributed by atoms with E-state index in [4.69, 9.17) is 9.84 Å². The van der Waals surface area contributed by atoms with Crippen molar-refractivity contribution in [2.45, 2.75) is 103 Å². The third-order valence-electron chi connectivity index (χ3n) is 9.42. The van der Waals surface area contributed by atoms with Crippen LogP contribution < -0.4 is 4.90 Å². The molecular formula is C30H50N6O3. The van der Waals surface area contributed by atoms with Crippen molar-refractivity contribution in [1.29, 1.82) is 0 Å². The molecular weight excluding hydrogens is 492 g/mol. The van der Waals surface area contributed by atoms with Crippen LogP contribution in [0.1, 0.15) is 84.9 Å². The summed E-state index contributed by atoms with van der Waals surface area (Å²) in [5.74, 6) is 2.49. The molecule has 218 valence electrons. The van der Waals surface area contributed by atoms with E-state index in [9.17, 15) is 9.59 Å². The number of amides is 2. The Balaban J connectivity index is 1.19. The zero-order chi connectivity index (χ0) is 28.1. The average molecular weight is 543 g/mol. The van der Waals surface area contributed by atoms with Crippen molar-refractivity contribution in [1.82, 2.24) is 24.5 Å². The molecule has 0 bridgehead atoms. The van der Waals surface area contributed by atoms with Gasteiger partial charge in [-0.15, -0.1) is 0 Å². The number of fused-ring (bicyclic) bond motifs is 1. The predicted octanol–water partition coefficient (Wildman–Crippen LogP) is 4.31. The molecule has 3 atom stereocenters. The molecule has 5 heterocycles. The first kappa shape index (κ1) is 28.2. The molecule has 0 aliphatic carbocycles. The number of piperidine rings is 3. The van der Waals surface area contributed by atoms with Crippen LogP contribution in [0.25, 0.3) is 0 Å². The Kier molecular flexibility index (Phi) is 7.68. The fourth-order valence-corrected chi connectivity index (χ4v) is 7.61. The zero-order valence-electron chi connectivity index (χ0n) is 25.3. The number of hydrogen-bond acceptors (Lipinski definition) is 6. The van der Waals surface area contributed by atoms with E-state index in [1.807, 2.05) is 37.6 Å². The van der Waals surface area contributed by atoms with Crippen molar-refractivity contribution in [3.8, 4) is 0 Å². The molecule has 9 nitrogen and oxygen atoms in total. The SMILES string of the molecule is Cc1cc(N2CC[C@@H](CN3CCCC4CN(C)C(=O)C43)CC2(C)C)nn1C1CCN(C(=O)OC(C)(C)C)CC1. The van der Waals surface area contributed by atoms with E-state index in [0.29, 0.717) is 36.9 Å². The monoisotopic (exact) mass is 542 g/mol. The largest absolute Gasteiger partial charge is 0.444 e. The van der Waals surface area contributed by atoms with Gasteiger partial charge < -0.3 is 19.4 Å². The number of carbonyl (C=O) groups excluding carboxylic acids is 2. The van der Waals surface area contributed by atoms with E-state index in [2.05, 4.69) is 41.3 Å². The highest BCUT2D eigenvalue weighted by molar-refractivity contribution is 5.84. The molecule has 1 aromatic rings. The third-order valence-corrected chi connectivity index (χ3v) is 9.42. The molecule has 9 heteroatoms. The van der Waals surface area contributed by atoms with Gasteiger partial charge in [0.1, 0.15) is 5.60 Å². The number of likely N-dealkylation sites (N-methyl/N-ethyl adjacent to an activating group) is 1. The number of nitrogens with zero attached hydrogens (tertiary/aromatic N) is 6. The molecule has 4 aliphatic rings. The van der Waals surface area contributed by atoms with E-state index >= 15 is 0 Å². The second-order valence-electron chi connectivity index (χ2n) is 14.2. The lowest BCUT2D eigenvalue weighted by atomic mass is 9.81. The van der Waals surface area contributed by atoms with Crippen LogP contribution in [0.4, 0.5) is 10.6 Å². The van der Waals surface area contributed by atoms with Gasteiger partial charge in [-0.1, -0.05) is 0 Å². The maximum absolute atomic E-state index is 12.9. The highest BCUT2D eigenvalue weighted by atomic mass is 16.6. The van der Waals surface area contributed by atoms with Crippen molar-refractivity contribution in [2.75, 3.05) is 51.2 Å². The summed E-state index contributed by atoms with van der Waals surface area (Å²) in [6.07, 6.45) is 6.18. The second-order valence-corrected chi connectivity index (χ2v) is 14.2. The number of rotatable bonds is 4. The molecule has 5 rings (SSSR count). The number of aromatic nitrogens is 2. The third kappa shape index (κ3) is 5.93. The van der Waals surface area contributed by atoms with Crippen molar-refractivity contribution in [3.05, 3.63) is 11.8 Å². The lowest BCUT2D eigenvalue weighted by molar-refractivity contribution is -0.132. The highest BCUT2D eigenvalue weighted by Crippen LogP contribution is 2.38. The van der Waals surface area contributed by atoms with Crippen LogP contribution >= 0.6 is 0 Å². The maximum atomic E-state index is 12.9. The van der Waals surface area contributed by atoms with E-state index in [-0.39, 0.29) is 17.7 Å². The van der Waals surface area contributed by atoms with E-state index < -0.39 is 5.60 Å². The lowest BCUT2D eigenvalue weighted by Crippen LogP contribution is -2.54. The minimum atomic E-state index is -0.470. The van der Waals surface area contributed by atoms with Gasteiger partial charge in [0.15, 0.2) is 5.82 Å². The molecule has 4 saturated heterocycles. The van der Waals surface area contributed by atoms with Gasteiger partial charge in [-0.3, -0.25) is 14.4 Å². The van der Waals surface area contributed by atoms with Crippen LogP contribution in [-0.2, 0) is 9.53 Å². The summed E-state index contributed by atoms with van der Waals surface area (Å²) in [5, 5.41) is 5.13. The molecule has 39 heavy (non-hydrogen) atoms. The number of aryl methyl sites for hydroxylation is 1. The number of carbonyl (C=O) groups is 2. The minimum Gasteiger partial charge on any atom is -0.444 e. The molecule has 4 aliphatic heterocycles. The summed E-state index contributed by atoms with van der Waals surface area (Å²) in [5.41, 5.74) is 0.713. The molecule has 0 radical (unpaired) electrons. The summed E-state index contributed by atoms with van der Waals surface area (Å²) in [4.78, 5) is 34.1. The average Bonchev–Trinajstić information content (AvgIpc) is 3.37. The summed E-state index contributed by atoms with van der Waals surface area (Å²) in [6, 6.07) is 2.64. The van der Waals surface area contributed by atoms with Gasteiger partial charge in [0.05, 0.1) is 12.1 Å². The summed E-state index contributed by atoms with van der Waals surface area (Å²) >= 11 is 0. The first-order chi connectivity index (χ1) is 18.3. The second kappa shape index (κ2) is 10.6. The van der Waals surface area contributed by atoms with Gasteiger partial charge in [0.25, 0.3) is 0 Å². The summed E-state index contributed by atoms with van der Waals surface area (Å²) in [6.45, 7) is 18.0. The molecule has 0 saturated carbocycles. The number of likely N-dealkylation sites (tertiary alicyclic amines) is 3. The summed E-state index contributed by atoms with van der Waals surface area (Å²) in [7, 11) is 1.96. The van der Waals surface area contributed by atoms with E-state index in [1.54, 1.807) is 0 Å². The standard InChI is InChI=1S/C30H50N6O3/c1-21-17-25(31-36(21)24-11-14-33(15-12-24)28(38)39-29(2,3)4)35-16-10-22(18-30(35,5)6)19-34-13-8-9-23-20-32(7)27(37)26(23)34/h17,22-24,26H,8-16,18-20H2,1-7H3/t22-,23?,26?/m1/s1. The smallest absolute Gasteiger partial charge is 0.410 e. The topological polar surface area (TPSA) is 74.2 Å². The minimum absolute atomic E-state index is 0.000280. The lowest BCUT2D eigenvalue weighted by Gasteiger charge is -2.48. The van der Waals surface area contributed by atoms with E-state index in [1.165, 1.54) is 18.5 Å². The number of ether oxygens (including phenoxy) is 1. The van der Waals surface area contributed by atoms with Gasteiger partial charge in [-0.05, 0) is 92.5 Å².